The van der Waals surface area contributed by atoms with E-state index < -0.39 is 0 Å². The predicted molar refractivity (Wildman–Crippen MR) is 115 cm³/mol. The summed E-state index contributed by atoms with van der Waals surface area (Å²) >= 11 is 1.34. The summed E-state index contributed by atoms with van der Waals surface area (Å²) in [4.78, 5) is 29.9. The zero-order chi connectivity index (χ0) is 20.4. The Bertz CT molecular complexity index is 1220. The largest absolute Gasteiger partial charge is 0.368 e. The van der Waals surface area contributed by atoms with Crippen molar-refractivity contribution in [3.63, 3.8) is 0 Å². The molecule has 0 radical (unpaired) electrons. The first-order chi connectivity index (χ1) is 14.0. The lowest BCUT2D eigenvalue weighted by molar-refractivity contribution is 0.817. The molecule has 4 rings (SSSR count). The second-order valence-electron chi connectivity index (χ2n) is 6.33. The molecule has 0 unspecified atom stereocenters. The van der Waals surface area contributed by atoms with Gasteiger partial charge in [-0.25, -0.2) is 4.98 Å². The van der Waals surface area contributed by atoms with Crippen molar-refractivity contribution in [2.45, 2.75) is 24.3 Å². The summed E-state index contributed by atoms with van der Waals surface area (Å²) in [6.45, 7) is 2.09. The van der Waals surface area contributed by atoms with Crippen LogP contribution in [-0.2, 0) is 12.2 Å². The number of hydrogen-bond acceptors (Lipinski definition) is 8. The minimum Gasteiger partial charge on any atom is -0.368 e. The van der Waals surface area contributed by atoms with Gasteiger partial charge in [0.25, 0.3) is 5.56 Å². The van der Waals surface area contributed by atoms with E-state index in [0.29, 0.717) is 27.6 Å². The van der Waals surface area contributed by atoms with E-state index >= 15 is 0 Å². The van der Waals surface area contributed by atoms with Crippen LogP contribution < -0.4 is 17.0 Å². The number of hydrogen-bond donors (Lipinski definition) is 2. The standard InChI is InChI=1S/C20H19N7OS/c1-2-12-7-9-13(10-8-12)27-17(28)14-5-3-4-6-15(14)23-20(27)29-11-16-24-18(21)26-19(22)25-16/h3-10H,2,11H2,1H3,(H4,21,22,24,25,26). The van der Waals surface area contributed by atoms with Crippen LogP contribution >= 0.6 is 11.8 Å². The zero-order valence-electron chi connectivity index (χ0n) is 15.7. The number of nitrogen functional groups attached to an aromatic ring is 2. The number of anilines is 2. The Balaban J connectivity index is 1.81. The molecule has 0 atom stereocenters. The molecular weight excluding hydrogens is 386 g/mol. The van der Waals surface area contributed by atoms with E-state index in [1.54, 1.807) is 10.6 Å². The Kier molecular flexibility index (Phi) is 5.13. The molecule has 0 bridgehead atoms. The number of rotatable bonds is 5. The van der Waals surface area contributed by atoms with Crippen molar-refractivity contribution in [3.05, 3.63) is 70.3 Å². The molecule has 4 N–H and O–H groups in total. The minimum absolute atomic E-state index is 0.0621. The van der Waals surface area contributed by atoms with E-state index in [4.69, 9.17) is 16.5 Å². The summed E-state index contributed by atoms with van der Waals surface area (Å²) < 4.78 is 1.61. The SMILES string of the molecule is CCc1ccc(-n2c(SCc3nc(N)nc(N)n3)nc3ccccc3c2=O)cc1. The summed E-state index contributed by atoms with van der Waals surface area (Å²) in [6, 6.07) is 15.2. The van der Waals surface area contributed by atoms with Crippen LogP contribution in [0.2, 0.25) is 0 Å². The second kappa shape index (κ2) is 7.88. The Hall–Kier alpha value is -3.46. The number of nitrogens with zero attached hydrogens (tertiary/aromatic N) is 5. The number of thioether (sulfide) groups is 1. The molecule has 2 heterocycles. The third-order valence-electron chi connectivity index (χ3n) is 4.39. The number of nitrogens with two attached hydrogens (primary N) is 2. The quantitative estimate of drug-likeness (QED) is 0.383. The van der Waals surface area contributed by atoms with Crippen molar-refractivity contribution in [2.75, 3.05) is 11.5 Å². The molecule has 0 aliphatic carbocycles. The molecule has 9 heteroatoms. The molecule has 146 valence electrons. The van der Waals surface area contributed by atoms with Crippen LogP contribution in [0.5, 0.6) is 0 Å². The topological polar surface area (TPSA) is 126 Å². The van der Waals surface area contributed by atoms with Crippen molar-refractivity contribution < 1.29 is 0 Å². The van der Waals surface area contributed by atoms with Gasteiger partial charge >= 0.3 is 0 Å². The van der Waals surface area contributed by atoms with E-state index in [9.17, 15) is 4.79 Å². The third kappa shape index (κ3) is 3.90. The van der Waals surface area contributed by atoms with Crippen molar-refractivity contribution in [1.29, 1.82) is 0 Å². The summed E-state index contributed by atoms with van der Waals surface area (Å²) in [6.07, 6.45) is 0.926. The number of benzene rings is 2. The highest BCUT2D eigenvalue weighted by molar-refractivity contribution is 7.98. The lowest BCUT2D eigenvalue weighted by Gasteiger charge is -2.13. The lowest BCUT2D eigenvalue weighted by Crippen LogP contribution is -2.21. The average molecular weight is 405 g/mol. The van der Waals surface area contributed by atoms with Gasteiger partial charge in [-0.1, -0.05) is 43.0 Å². The van der Waals surface area contributed by atoms with Gasteiger partial charge in [-0.05, 0) is 36.2 Å². The monoisotopic (exact) mass is 405 g/mol. The van der Waals surface area contributed by atoms with Gasteiger partial charge in [0.15, 0.2) is 5.16 Å². The highest BCUT2D eigenvalue weighted by atomic mass is 32.2. The smallest absolute Gasteiger partial charge is 0.266 e. The highest BCUT2D eigenvalue weighted by Crippen LogP contribution is 2.24. The predicted octanol–water partition coefficient (Wildman–Crippen LogP) is 2.59. The van der Waals surface area contributed by atoms with Crippen LogP contribution in [0.3, 0.4) is 0 Å². The van der Waals surface area contributed by atoms with Gasteiger partial charge in [0.1, 0.15) is 5.82 Å². The van der Waals surface area contributed by atoms with Crippen molar-refractivity contribution >= 4 is 34.6 Å². The molecule has 4 aromatic rings. The normalized spacial score (nSPS) is 11.1. The van der Waals surface area contributed by atoms with E-state index in [-0.39, 0.29) is 17.5 Å². The molecule has 0 aliphatic rings. The van der Waals surface area contributed by atoms with Gasteiger partial charge in [0.2, 0.25) is 11.9 Å². The maximum absolute atomic E-state index is 13.3. The van der Waals surface area contributed by atoms with Gasteiger partial charge in [-0.3, -0.25) is 9.36 Å². The lowest BCUT2D eigenvalue weighted by atomic mass is 10.1. The van der Waals surface area contributed by atoms with Crippen LogP contribution in [0.25, 0.3) is 16.6 Å². The zero-order valence-corrected chi connectivity index (χ0v) is 16.6. The average Bonchev–Trinajstić information content (AvgIpc) is 2.72. The van der Waals surface area contributed by atoms with Crippen LogP contribution in [-0.4, -0.2) is 24.5 Å². The Morgan fingerprint density at radius 1 is 0.931 bits per heavy atom. The van der Waals surface area contributed by atoms with Gasteiger partial charge < -0.3 is 11.5 Å². The summed E-state index contributed by atoms with van der Waals surface area (Å²) in [7, 11) is 0. The number of fused-ring (bicyclic) bond motifs is 1. The molecule has 0 fully saturated rings. The maximum atomic E-state index is 13.3. The first kappa shape index (κ1) is 18.9. The molecule has 0 saturated heterocycles. The fraction of sp³-hybridized carbons (Fsp3) is 0.150. The molecule has 29 heavy (non-hydrogen) atoms. The molecule has 0 saturated carbocycles. The van der Waals surface area contributed by atoms with E-state index in [2.05, 4.69) is 21.9 Å². The molecule has 2 aromatic heterocycles. The highest BCUT2D eigenvalue weighted by Gasteiger charge is 2.14. The number of aryl methyl sites for hydroxylation is 1. The van der Waals surface area contributed by atoms with Gasteiger partial charge in [0.05, 0.1) is 22.3 Å². The van der Waals surface area contributed by atoms with Gasteiger partial charge in [-0.2, -0.15) is 15.0 Å². The first-order valence-corrected chi connectivity index (χ1v) is 10.0. The third-order valence-corrected chi connectivity index (χ3v) is 5.33. The van der Waals surface area contributed by atoms with Gasteiger partial charge in [0, 0.05) is 0 Å². The molecular formula is C20H19N7OS. The molecule has 8 nitrogen and oxygen atoms in total. The van der Waals surface area contributed by atoms with Crippen LogP contribution in [0.15, 0.2) is 58.5 Å². The van der Waals surface area contributed by atoms with Crippen molar-refractivity contribution in [3.8, 4) is 5.69 Å². The molecule has 0 spiro atoms. The van der Waals surface area contributed by atoms with E-state index in [1.807, 2.05) is 42.5 Å². The Labute approximate surface area is 171 Å². The molecule has 0 amide bonds. The minimum atomic E-state index is -0.128. The Morgan fingerprint density at radius 3 is 2.31 bits per heavy atom. The second-order valence-corrected chi connectivity index (χ2v) is 7.27. The fourth-order valence-electron chi connectivity index (χ4n) is 2.97. The van der Waals surface area contributed by atoms with Crippen LogP contribution in [0.1, 0.15) is 18.3 Å². The molecule has 2 aromatic carbocycles. The van der Waals surface area contributed by atoms with Gasteiger partial charge in [-0.15, -0.1) is 0 Å². The van der Waals surface area contributed by atoms with E-state index in [1.165, 1.54) is 17.3 Å². The van der Waals surface area contributed by atoms with E-state index in [0.717, 1.165) is 12.1 Å². The summed E-state index contributed by atoms with van der Waals surface area (Å²) in [5, 5.41) is 1.10. The Morgan fingerprint density at radius 2 is 1.62 bits per heavy atom. The van der Waals surface area contributed by atoms with Crippen molar-refractivity contribution in [1.82, 2.24) is 24.5 Å². The summed E-state index contributed by atoms with van der Waals surface area (Å²) in [5.74, 6) is 0.892. The van der Waals surface area contributed by atoms with Crippen LogP contribution in [0, 0.1) is 0 Å². The number of para-hydroxylation sites is 1. The summed E-state index contributed by atoms with van der Waals surface area (Å²) in [5.41, 5.74) is 13.8. The van der Waals surface area contributed by atoms with Crippen molar-refractivity contribution in [2.24, 2.45) is 0 Å². The maximum Gasteiger partial charge on any atom is 0.266 e. The number of aromatic nitrogens is 5. The fourth-order valence-corrected chi connectivity index (χ4v) is 3.84. The van der Waals surface area contributed by atoms with Crippen LogP contribution in [0.4, 0.5) is 11.9 Å². The molecule has 0 aliphatic heterocycles. The first-order valence-electron chi connectivity index (χ1n) is 9.05.